The smallest absolute Gasteiger partial charge is 0.227 e. The average molecular weight is 232 g/mol. The lowest BCUT2D eigenvalue weighted by Gasteiger charge is -2.22. The van der Waals surface area contributed by atoms with Crippen LogP contribution in [0.3, 0.4) is 0 Å². The number of hydrogen-bond donors (Lipinski definition) is 2. The van der Waals surface area contributed by atoms with Gasteiger partial charge in [-0.05, 0) is 31.8 Å². The van der Waals surface area contributed by atoms with Gasteiger partial charge in [0, 0.05) is 12.6 Å². The molecule has 2 aromatic heterocycles. The average Bonchev–Trinajstić information content (AvgIpc) is 2.86. The van der Waals surface area contributed by atoms with Crippen molar-refractivity contribution < 1.29 is 0 Å². The Hall–Kier alpha value is -1.69. The lowest BCUT2D eigenvalue weighted by Crippen LogP contribution is -2.31. The summed E-state index contributed by atoms with van der Waals surface area (Å²) in [6.45, 7) is 3.19. The largest absolute Gasteiger partial charge is 0.354 e. The molecule has 1 aliphatic rings. The van der Waals surface area contributed by atoms with Crippen LogP contribution in [0.25, 0.3) is 5.65 Å². The highest BCUT2D eigenvalue weighted by molar-refractivity contribution is 5.41. The van der Waals surface area contributed by atoms with Gasteiger partial charge in [0.05, 0.1) is 6.20 Å². The Bertz CT molecular complexity index is 487. The lowest BCUT2D eigenvalue weighted by atomic mass is 9.98. The van der Waals surface area contributed by atoms with Gasteiger partial charge in [-0.25, -0.2) is 9.97 Å². The Morgan fingerprint density at radius 2 is 2.24 bits per heavy atom. The Morgan fingerprint density at radius 3 is 3.12 bits per heavy atom. The molecule has 90 valence electrons. The van der Waals surface area contributed by atoms with E-state index in [2.05, 4.69) is 25.7 Å². The predicted molar refractivity (Wildman–Crippen MR) is 64.9 cm³/mol. The van der Waals surface area contributed by atoms with Crippen LogP contribution in [0.1, 0.15) is 12.8 Å². The second-order valence-corrected chi connectivity index (χ2v) is 4.37. The molecule has 1 saturated heterocycles. The predicted octanol–water partition coefficient (Wildman–Crippen LogP) is 0.536. The van der Waals surface area contributed by atoms with Gasteiger partial charge < -0.3 is 10.6 Å². The Balaban J connectivity index is 1.69. The van der Waals surface area contributed by atoms with Crippen molar-refractivity contribution in [3.8, 4) is 0 Å². The summed E-state index contributed by atoms with van der Waals surface area (Å²) in [4.78, 5) is 8.36. The van der Waals surface area contributed by atoms with E-state index in [1.807, 2.05) is 6.07 Å². The summed E-state index contributed by atoms with van der Waals surface area (Å²) < 4.78 is 1.74. The summed E-state index contributed by atoms with van der Waals surface area (Å²) in [6, 6.07) is 1.87. The molecule has 1 fully saturated rings. The minimum atomic E-state index is 0.719. The van der Waals surface area contributed by atoms with Crippen LogP contribution in [0.2, 0.25) is 0 Å². The molecule has 2 aromatic rings. The number of piperidine rings is 1. The Kier molecular flexibility index (Phi) is 2.87. The minimum Gasteiger partial charge on any atom is -0.354 e. The highest BCUT2D eigenvalue weighted by Crippen LogP contribution is 2.12. The van der Waals surface area contributed by atoms with Crippen LogP contribution < -0.4 is 10.6 Å². The van der Waals surface area contributed by atoms with E-state index in [9.17, 15) is 0 Å². The van der Waals surface area contributed by atoms with Gasteiger partial charge >= 0.3 is 0 Å². The van der Waals surface area contributed by atoms with Gasteiger partial charge in [0.1, 0.15) is 6.33 Å². The SMILES string of the molecule is c1nc(NCC2CCNCC2)n2nccc2n1. The maximum Gasteiger partial charge on any atom is 0.227 e. The zero-order valence-corrected chi connectivity index (χ0v) is 9.63. The molecule has 0 spiro atoms. The van der Waals surface area contributed by atoms with Gasteiger partial charge in [0.15, 0.2) is 5.65 Å². The molecule has 3 heterocycles. The maximum absolute atomic E-state index is 4.23. The molecular weight excluding hydrogens is 216 g/mol. The van der Waals surface area contributed by atoms with Crippen LogP contribution in [0.5, 0.6) is 0 Å². The molecule has 3 rings (SSSR count). The number of anilines is 1. The molecule has 1 aliphatic heterocycles. The number of fused-ring (bicyclic) bond motifs is 1. The monoisotopic (exact) mass is 232 g/mol. The van der Waals surface area contributed by atoms with Crippen LogP contribution >= 0.6 is 0 Å². The topological polar surface area (TPSA) is 67.1 Å². The van der Waals surface area contributed by atoms with Crippen molar-refractivity contribution in [2.24, 2.45) is 5.92 Å². The first-order valence-corrected chi connectivity index (χ1v) is 6.03. The van der Waals surface area contributed by atoms with Crippen LogP contribution in [0.15, 0.2) is 18.6 Å². The fraction of sp³-hybridized carbons (Fsp3) is 0.545. The number of aromatic nitrogens is 4. The first kappa shape index (κ1) is 10.5. The van der Waals surface area contributed by atoms with E-state index < -0.39 is 0 Å². The van der Waals surface area contributed by atoms with Gasteiger partial charge in [0.2, 0.25) is 5.95 Å². The van der Waals surface area contributed by atoms with Crippen LogP contribution in [0.4, 0.5) is 5.95 Å². The quantitative estimate of drug-likeness (QED) is 0.808. The molecule has 0 bridgehead atoms. The normalized spacial score (nSPS) is 17.4. The van der Waals surface area contributed by atoms with Gasteiger partial charge in [-0.2, -0.15) is 9.61 Å². The molecule has 6 nitrogen and oxygen atoms in total. The number of rotatable bonds is 3. The van der Waals surface area contributed by atoms with Crippen molar-refractivity contribution in [3.05, 3.63) is 18.6 Å². The zero-order valence-electron chi connectivity index (χ0n) is 9.63. The van der Waals surface area contributed by atoms with Crippen molar-refractivity contribution in [1.29, 1.82) is 0 Å². The maximum atomic E-state index is 4.23. The van der Waals surface area contributed by atoms with Crippen molar-refractivity contribution >= 4 is 11.6 Å². The molecule has 0 atom stereocenters. The number of nitrogens with one attached hydrogen (secondary N) is 2. The van der Waals surface area contributed by atoms with Crippen molar-refractivity contribution in [2.75, 3.05) is 25.0 Å². The lowest BCUT2D eigenvalue weighted by molar-refractivity contribution is 0.389. The third kappa shape index (κ3) is 2.21. The molecule has 6 heteroatoms. The van der Waals surface area contributed by atoms with E-state index in [0.29, 0.717) is 0 Å². The second-order valence-electron chi connectivity index (χ2n) is 4.37. The summed E-state index contributed by atoms with van der Waals surface area (Å²) in [6.07, 6.45) is 5.75. The molecule has 0 unspecified atom stereocenters. The van der Waals surface area contributed by atoms with Crippen molar-refractivity contribution in [3.63, 3.8) is 0 Å². The second kappa shape index (κ2) is 4.67. The third-order valence-electron chi connectivity index (χ3n) is 3.20. The van der Waals surface area contributed by atoms with Gasteiger partial charge in [-0.1, -0.05) is 0 Å². The molecule has 0 radical (unpaired) electrons. The zero-order chi connectivity index (χ0) is 11.5. The van der Waals surface area contributed by atoms with Crippen LogP contribution in [-0.4, -0.2) is 39.2 Å². The highest BCUT2D eigenvalue weighted by atomic mass is 15.3. The Labute approximate surface area is 99.5 Å². The Morgan fingerprint density at radius 1 is 1.35 bits per heavy atom. The van der Waals surface area contributed by atoms with Gasteiger partial charge in [0.25, 0.3) is 0 Å². The van der Waals surface area contributed by atoms with Gasteiger partial charge in [-0.15, -0.1) is 0 Å². The summed E-state index contributed by atoms with van der Waals surface area (Å²) in [5, 5.41) is 10.9. The first-order chi connectivity index (χ1) is 8.43. The summed E-state index contributed by atoms with van der Waals surface area (Å²) in [7, 11) is 0. The van der Waals surface area contributed by atoms with E-state index >= 15 is 0 Å². The first-order valence-electron chi connectivity index (χ1n) is 6.03. The van der Waals surface area contributed by atoms with E-state index in [1.165, 1.54) is 12.8 Å². The van der Waals surface area contributed by atoms with E-state index in [4.69, 9.17) is 0 Å². The molecule has 0 amide bonds. The fourth-order valence-corrected chi connectivity index (χ4v) is 2.20. The summed E-state index contributed by atoms with van der Waals surface area (Å²) in [5.41, 5.74) is 0.827. The molecule has 0 aliphatic carbocycles. The standard InChI is InChI=1S/C11H16N6/c1-4-12-5-2-9(1)7-13-11-15-8-14-10-3-6-16-17(10)11/h3,6,8-9,12H,1-2,4-5,7H2,(H,13,14,15). The van der Waals surface area contributed by atoms with Crippen LogP contribution in [0, 0.1) is 5.92 Å². The molecule has 2 N–H and O–H groups in total. The van der Waals surface area contributed by atoms with E-state index in [-0.39, 0.29) is 0 Å². The number of hydrogen-bond acceptors (Lipinski definition) is 5. The molecule has 0 aromatic carbocycles. The highest BCUT2D eigenvalue weighted by Gasteiger charge is 2.13. The van der Waals surface area contributed by atoms with E-state index in [0.717, 1.165) is 37.1 Å². The molecule has 0 saturated carbocycles. The summed E-state index contributed by atoms with van der Waals surface area (Å²) >= 11 is 0. The van der Waals surface area contributed by atoms with E-state index in [1.54, 1.807) is 17.0 Å². The number of nitrogens with zero attached hydrogens (tertiary/aromatic N) is 4. The fourth-order valence-electron chi connectivity index (χ4n) is 2.20. The minimum absolute atomic E-state index is 0.719. The molecular formula is C11H16N6. The van der Waals surface area contributed by atoms with Crippen LogP contribution in [-0.2, 0) is 0 Å². The van der Waals surface area contributed by atoms with Crippen molar-refractivity contribution in [2.45, 2.75) is 12.8 Å². The summed E-state index contributed by atoms with van der Waals surface area (Å²) in [5.74, 6) is 1.50. The third-order valence-corrected chi connectivity index (χ3v) is 3.20. The molecule has 17 heavy (non-hydrogen) atoms. The van der Waals surface area contributed by atoms with Gasteiger partial charge in [-0.3, -0.25) is 0 Å². The van der Waals surface area contributed by atoms with Crippen molar-refractivity contribution in [1.82, 2.24) is 24.9 Å².